The van der Waals surface area contributed by atoms with E-state index >= 15 is 0 Å². The minimum atomic E-state index is -4.59. The van der Waals surface area contributed by atoms with Crippen LogP contribution in [-0.2, 0) is 68.6 Å². The van der Waals surface area contributed by atoms with Crippen LogP contribution in [0.15, 0.2) is 91.0 Å². The van der Waals surface area contributed by atoms with Crippen molar-refractivity contribution in [2.45, 2.75) is 361 Å². The second-order valence-electron chi connectivity index (χ2n) is 32.5. The van der Waals surface area contributed by atoms with Crippen LogP contribution in [0.3, 0.4) is 0 Å². The lowest BCUT2D eigenvalue weighted by molar-refractivity contribution is -0.691. The number of alkyl halides is 6. The first-order chi connectivity index (χ1) is 52.0. The summed E-state index contributed by atoms with van der Waals surface area (Å²) in [5, 5.41) is 15.9. The van der Waals surface area contributed by atoms with Crippen LogP contribution in [0.25, 0.3) is 32.4 Å². The number of rotatable bonds is 54. The number of esters is 1. The summed E-state index contributed by atoms with van der Waals surface area (Å²) < 4.78 is 107. The molecule has 1 heterocycles. The number of aryl methyl sites for hydroxylation is 6. The fraction of sp³-hybridized carbons (Fsp3) is 0.670. The largest absolute Gasteiger partial charge is 0.477 e. The first kappa shape index (κ1) is 87.2. The number of carbonyl (C=O) groups excluding carboxylic acids is 2. The van der Waals surface area contributed by atoms with Crippen LogP contribution < -0.4 is 4.57 Å². The van der Waals surface area contributed by atoms with Crippen molar-refractivity contribution in [3.05, 3.63) is 136 Å². The molecule has 0 saturated heterocycles. The van der Waals surface area contributed by atoms with Crippen LogP contribution in [0.4, 0.5) is 26.3 Å². The average molecular weight is 1490 g/mol. The van der Waals surface area contributed by atoms with Gasteiger partial charge in [-0.1, -0.05) is 267 Å². The third-order valence-corrected chi connectivity index (χ3v) is 24.3. The van der Waals surface area contributed by atoms with Gasteiger partial charge in [0, 0.05) is 43.4 Å². The number of ether oxygens (including phenoxy) is 3. The molecule has 0 radical (unpaired) electrons. The molecule has 2 saturated carbocycles. The van der Waals surface area contributed by atoms with Crippen LogP contribution in [0.5, 0.6) is 0 Å². The van der Waals surface area contributed by atoms with Crippen molar-refractivity contribution in [2.75, 3.05) is 19.8 Å². The highest BCUT2D eigenvalue weighted by molar-refractivity contribution is 5.91. The number of Topliss-reactive ketones (excluding diaryl/α,β-unsaturated/α-hetero) is 1. The number of nitrogens with zero attached hydrogens (tertiary/aromatic N) is 1. The molecule has 2 aliphatic rings. The minimum Gasteiger partial charge on any atom is -0.461 e. The van der Waals surface area contributed by atoms with E-state index in [0.717, 1.165) is 105 Å². The van der Waals surface area contributed by atoms with Gasteiger partial charge in [0.1, 0.15) is 25.5 Å². The van der Waals surface area contributed by atoms with Crippen LogP contribution >= 0.6 is 0 Å². The van der Waals surface area contributed by atoms with Crippen molar-refractivity contribution in [3.63, 3.8) is 0 Å². The molecule has 1 aromatic heterocycles. The van der Waals surface area contributed by atoms with Gasteiger partial charge in [-0.25, -0.2) is 4.79 Å². The number of unbranched alkanes of at least 4 members (excludes halogenated alkanes) is 28. The topological polar surface area (TPSA) is 85.9 Å². The molecule has 1 N–H and O–H groups in total. The lowest BCUT2D eigenvalue weighted by atomic mass is 9.58. The number of pyridine rings is 1. The van der Waals surface area contributed by atoms with Gasteiger partial charge in [0.2, 0.25) is 5.52 Å². The smallest absolute Gasteiger partial charge is 0.461 e. The molecular weight excluding hydrogens is 1350 g/mol. The third-order valence-electron chi connectivity index (χ3n) is 24.3. The fourth-order valence-electron chi connectivity index (χ4n) is 18.4. The molecule has 0 amide bonds. The highest BCUT2D eigenvalue weighted by Crippen LogP contribution is 2.50. The molecule has 0 spiro atoms. The highest BCUT2D eigenvalue weighted by atomic mass is 19.4. The van der Waals surface area contributed by atoms with Gasteiger partial charge < -0.3 is 19.3 Å². The Balaban J connectivity index is 0.766. The molecular formula is C94H136F6NO6+. The quantitative estimate of drug-likeness (QED) is 0.0177. The molecule has 2 aliphatic carbocycles. The van der Waals surface area contributed by atoms with Gasteiger partial charge in [-0.05, 0) is 194 Å². The van der Waals surface area contributed by atoms with E-state index in [2.05, 4.69) is 51.1 Å². The summed E-state index contributed by atoms with van der Waals surface area (Å²) >= 11 is 0. The second kappa shape index (κ2) is 47.8. The van der Waals surface area contributed by atoms with E-state index in [1.54, 1.807) is 31.2 Å². The molecule has 107 heavy (non-hydrogen) atoms. The summed E-state index contributed by atoms with van der Waals surface area (Å²) in [6.07, 6.45) is 38.0. The minimum absolute atomic E-state index is 0.0634. The van der Waals surface area contributed by atoms with E-state index < -0.39 is 35.7 Å². The number of para-hydroxylation sites is 1. The zero-order valence-electron chi connectivity index (χ0n) is 66.4. The summed E-state index contributed by atoms with van der Waals surface area (Å²) in [7, 11) is 0. The van der Waals surface area contributed by atoms with Crippen molar-refractivity contribution in [1.29, 1.82) is 0 Å². The molecule has 8 rings (SSSR count). The van der Waals surface area contributed by atoms with E-state index in [1.807, 2.05) is 24.3 Å². The molecule has 0 aliphatic heterocycles. The average Bonchev–Trinajstić information content (AvgIpc) is 0.787. The molecule has 594 valence electrons. The Hall–Kier alpha value is -5.37. The van der Waals surface area contributed by atoms with Crippen LogP contribution in [0, 0.1) is 37.5 Å². The molecule has 13 heteroatoms. The Morgan fingerprint density at radius 3 is 1.67 bits per heavy atom. The van der Waals surface area contributed by atoms with Gasteiger partial charge in [-0.2, -0.15) is 30.9 Å². The molecule has 6 atom stereocenters. The Bertz CT molecular complexity index is 3540. The van der Waals surface area contributed by atoms with Gasteiger partial charge in [-0.3, -0.25) is 4.79 Å². The van der Waals surface area contributed by atoms with Crippen molar-refractivity contribution < 1.29 is 59.8 Å². The lowest BCUT2D eigenvalue weighted by Gasteiger charge is -2.48. The number of halogens is 6. The van der Waals surface area contributed by atoms with E-state index in [0.29, 0.717) is 105 Å². The van der Waals surface area contributed by atoms with Crippen LogP contribution in [-0.4, -0.2) is 48.9 Å². The summed E-state index contributed by atoms with van der Waals surface area (Å²) in [6.45, 7) is 9.54. The van der Waals surface area contributed by atoms with Gasteiger partial charge in [0.25, 0.3) is 5.69 Å². The summed E-state index contributed by atoms with van der Waals surface area (Å²) in [5.74, 6) is 2.47. The van der Waals surface area contributed by atoms with Gasteiger partial charge in [0.15, 0.2) is 0 Å². The number of aliphatic hydroxyl groups is 1. The number of ketones is 1. The van der Waals surface area contributed by atoms with Gasteiger partial charge in [0.05, 0.1) is 24.4 Å². The Kier molecular flexibility index (Phi) is 38.9. The monoisotopic (exact) mass is 1490 g/mol. The predicted molar refractivity (Wildman–Crippen MR) is 428 cm³/mol. The Labute approximate surface area is 640 Å². The Morgan fingerprint density at radius 2 is 1.06 bits per heavy atom. The Morgan fingerprint density at radius 1 is 0.523 bits per heavy atom. The number of aromatic nitrogens is 1. The highest BCUT2D eigenvalue weighted by Gasteiger charge is 2.44. The van der Waals surface area contributed by atoms with Crippen molar-refractivity contribution in [3.8, 4) is 0 Å². The SMILES string of the molecule is CCCCCCCCCCCCCCCCOCC(=O)OCC(CCCCC(=O)CCCc1cc(C(F)(F)F)[n+](CCCCCCCCCCc2c(C(F)(F)F)cc(C)c3ccccc23)c2ccccc12)OCc1cc(C)c(CCCCCCCCCCC2C(O)CC(CC)C3CCCCC23)c2ccccc12. The first-order valence-electron chi connectivity index (χ1n) is 43.1. The molecule has 7 nitrogen and oxygen atoms in total. The number of fused-ring (bicyclic) bond motifs is 4. The maximum atomic E-state index is 15.0. The first-order valence-corrected chi connectivity index (χ1v) is 43.1. The molecule has 6 unspecified atom stereocenters. The molecule has 2 fully saturated rings. The van der Waals surface area contributed by atoms with Crippen molar-refractivity contribution in [1.82, 2.24) is 0 Å². The van der Waals surface area contributed by atoms with Crippen LogP contribution in [0.1, 0.15) is 335 Å². The zero-order chi connectivity index (χ0) is 76.1. The van der Waals surface area contributed by atoms with Crippen molar-refractivity contribution >= 4 is 44.2 Å². The van der Waals surface area contributed by atoms with Crippen molar-refractivity contribution in [2.24, 2.45) is 23.7 Å². The van der Waals surface area contributed by atoms with E-state index in [1.165, 1.54) is 199 Å². The normalized spacial score (nSPS) is 17.4. The van der Waals surface area contributed by atoms with E-state index in [9.17, 15) is 41.0 Å². The third kappa shape index (κ3) is 29.0. The summed E-state index contributed by atoms with van der Waals surface area (Å²) in [5.41, 5.74) is 4.56. The van der Waals surface area contributed by atoms with E-state index in [4.69, 9.17) is 14.2 Å². The summed E-state index contributed by atoms with van der Waals surface area (Å²) in [4.78, 5) is 26.7. The fourth-order valence-corrected chi connectivity index (χ4v) is 18.4. The lowest BCUT2D eigenvalue weighted by Crippen LogP contribution is -2.44. The van der Waals surface area contributed by atoms with E-state index in [-0.39, 0.29) is 38.1 Å². The van der Waals surface area contributed by atoms with Gasteiger partial charge >= 0.3 is 18.3 Å². The molecule has 0 bridgehead atoms. The molecule has 5 aromatic carbocycles. The van der Waals surface area contributed by atoms with Crippen LogP contribution in [0.2, 0.25) is 0 Å². The maximum absolute atomic E-state index is 15.0. The maximum Gasteiger partial charge on any atom is 0.477 e. The molecule has 6 aromatic rings. The second-order valence-corrected chi connectivity index (χ2v) is 32.5. The standard InChI is InChI=1S/C94H136F6NO6/c1-5-7-8-9-10-11-12-13-14-15-20-25-30-45-63-105-70-92(104)107-69-77(106-68-75-64-71(3)78(83-56-40-38-54-81(75)83)51-31-26-21-16-17-23-28-33-60-87-85-58-41-37-53-80(85)73(6-2)66-90(87)103)50-35-34-48-76(102)49-46-47-74-67-91(94(98,99)100)101(89-61-43-42-55-82(74)89)62-44-29-24-19-18-22-27-32-59-86-84-57-39-36-52-79(84)72(4)65-88(86)93(95,96)97/h36,38-40,42-43,52,54-57,61,64-65,67,73,77,80,85,87,90,103H,5-35,37,41,44-51,53,58-60,62-63,66,68-70H2,1-4H3/q+1. The number of hydrogen-bond donors (Lipinski definition) is 1. The van der Waals surface area contributed by atoms with Gasteiger partial charge in [-0.15, -0.1) is 0 Å². The summed E-state index contributed by atoms with van der Waals surface area (Å²) in [6, 6.07) is 28.0. The zero-order valence-corrected chi connectivity index (χ0v) is 66.4. The number of carbonyl (C=O) groups is 2. The predicted octanol–water partition coefficient (Wildman–Crippen LogP) is 26.8. The number of benzene rings is 5. The number of hydrogen-bond acceptors (Lipinski definition) is 6. The number of aliphatic hydroxyl groups excluding tert-OH is 1.